The number of carbonyl (C=O) groups is 1. The number of amides is 1. The van der Waals surface area contributed by atoms with Crippen molar-refractivity contribution < 1.29 is 18.0 Å². The number of aryl methyl sites for hydroxylation is 1. The number of imidazole rings is 1. The first-order valence-electron chi connectivity index (χ1n) is 10.5. The summed E-state index contributed by atoms with van der Waals surface area (Å²) in [5.41, 5.74) is -0.0499. The molecule has 9 nitrogen and oxygen atoms in total. The molecule has 4 aromatic heterocycles. The molecule has 172 valence electrons. The SMILES string of the molecule is Cc1nc2c(C(F)F)cc(-c3cc(F)c4nc(NC(=O)C5CN(C(C)C)C5)cn4c3)nn2n1. The van der Waals surface area contributed by atoms with E-state index in [9.17, 15) is 18.0 Å². The second-order valence-corrected chi connectivity index (χ2v) is 8.43. The van der Waals surface area contributed by atoms with Gasteiger partial charge in [-0.15, -0.1) is 14.8 Å². The second-order valence-electron chi connectivity index (χ2n) is 8.43. The fraction of sp³-hybridized carbons (Fsp3) is 0.381. The summed E-state index contributed by atoms with van der Waals surface area (Å²) in [5.74, 6) is -0.500. The average molecular weight is 458 g/mol. The van der Waals surface area contributed by atoms with Crippen LogP contribution in [0.1, 0.15) is 31.7 Å². The van der Waals surface area contributed by atoms with E-state index in [-0.39, 0.29) is 45.8 Å². The van der Waals surface area contributed by atoms with Crippen LogP contribution in [0.25, 0.3) is 22.6 Å². The van der Waals surface area contributed by atoms with Gasteiger partial charge in [-0.25, -0.2) is 23.1 Å². The lowest BCUT2D eigenvalue weighted by atomic mass is 9.97. The van der Waals surface area contributed by atoms with Crippen LogP contribution in [-0.4, -0.2) is 59.1 Å². The molecule has 1 saturated heterocycles. The number of nitrogens with zero attached hydrogens (tertiary/aromatic N) is 7. The Balaban J connectivity index is 1.46. The van der Waals surface area contributed by atoms with Crippen LogP contribution < -0.4 is 5.32 Å². The van der Waals surface area contributed by atoms with Gasteiger partial charge in [0.05, 0.1) is 23.4 Å². The minimum Gasteiger partial charge on any atom is -0.309 e. The molecule has 1 fully saturated rings. The summed E-state index contributed by atoms with van der Waals surface area (Å²) in [6.45, 7) is 7.03. The lowest BCUT2D eigenvalue weighted by molar-refractivity contribution is -0.125. The Bertz CT molecular complexity index is 1370. The minimum atomic E-state index is -2.81. The Hall–Kier alpha value is -3.54. The van der Waals surface area contributed by atoms with E-state index in [0.717, 1.165) is 10.7 Å². The van der Waals surface area contributed by atoms with Gasteiger partial charge in [0.25, 0.3) is 6.43 Å². The van der Waals surface area contributed by atoms with Gasteiger partial charge in [-0.05, 0) is 32.9 Å². The van der Waals surface area contributed by atoms with Gasteiger partial charge in [0, 0.05) is 30.9 Å². The summed E-state index contributed by atoms with van der Waals surface area (Å²) >= 11 is 0. The highest BCUT2D eigenvalue weighted by molar-refractivity contribution is 5.93. The monoisotopic (exact) mass is 458 g/mol. The van der Waals surface area contributed by atoms with E-state index in [1.54, 1.807) is 6.92 Å². The number of rotatable bonds is 5. The predicted octanol–water partition coefficient (Wildman–Crippen LogP) is 3.10. The van der Waals surface area contributed by atoms with Gasteiger partial charge in [0.15, 0.2) is 22.9 Å². The van der Waals surface area contributed by atoms with Crippen LogP contribution in [0.5, 0.6) is 0 Å². The van der Waals surface area contributed by atoms with Crippen molar-refractivity contribution in [2.24, 2.45) is 5.92 Å². The third-order valence-electron chi connectivity index (χ3n) is 5.75. The summed E-state index contributed by atoms with van der Waals surface area (Å²) in [5, 5.41) is 10.9. The summed E-state index contributed by atoms with van der Waals surface area (Å²) in [6.07, 6.45) is 0.183. The van der Waals surface area contributed by atoms with Crippen molar-refractivity contribution in [3.8, 4) is 11.3 Å². The topological polar surface area (TPSA) is 92.7 Å². The number of alkyl halides is 2. The zero-order chi connectivity index (χ0) is 23.4. The molecule has 0 unspecified atom stereocenters. The predicted molar refractivity (Wildman–Crippen MR) is 113 cm³/mol. The Morgan fingerprint density at radius 1 is 1.12 bits per heavy atom. The van der Waals surface area contributed by atoms with Crippen molar-refractivity contribution in [1.82, 2.24) is 34.1 Å². The quantitative estimate of drug-likeness (QED) is 0.494. The van der Waals surface area contributed by atoms with Gasteiger partial charge in [0.2, 0.25) is 5.91 Å². The fourth-order valence-corrected chi connectivity index (χ4v) is 3.88. The average Bonchev–Trinajstić information content (AvgIpc) is 3.27. The van der Waals surface area contributed by atoms with Gasteiger partial charge >= 0.3 is 0 Å². The molecule has 0 spiro atoms. The number of fused-ring (bicyclic) bond motifs is 2. The maximum atomic E-state index is 14.8. The Morgan fingerprint density at radius 2 is 1.88 bits per heavy atom. The molecule has 0 aliphatic carbocycles. The van der Waals surface area contributed by atoms with Crippen LogP contribution in [0.3, 0.4) is 0 Å². The van der Waals surface area contributed by atoms with Crippen molar-refractivity contribution in [1.29, 1.82) is 0 Å². The van der Waals surface area contributed by atoms with E-state index in [1.807, 2.05) is 0 Å². The molecule has 5 rings (SSSR count). The van der Waals surface area contributed by atoms with E-state index < -0.39 is 12.2 Å². The number of carbonyl (C=O) groups excluding carboxylic acids is 1. The molecule has 0 radical (unpaired) electrons. The zero-order valence-electron chi connectivity index (χ0n) is 18.1. The standard InChI is InChI=1S/C21H21F3N8O/c1-10(2)30-7-13(8-30)21(33)27-17-9-31-6-12(4-15(22)20(31)26-17)16-5-14(18(23)24)19-25-11(3)28-32(19)29-16/h4-6,9-10,13,18H,7-8H2,1-3H3,(H,27,33). The molecular formula is C21H21F3N8O. The molecule has 4 aromatic rings. The Kier molecular flexibility index (Phi) is 5.04. The zero-order valence-corrected chi connectivity index (χ0v) is 18.1. The number of pyridine rings is 1. The van der Waals surface area contributed by atoms with Crippen LogP contribution in [0, 0.1) is 18.7 Å². The van der Waals surface area contributed by atoms with Crippen LogP contribution in [0.2, 0.25) is 0 Å². The molecule has 33 heavy (non-hydrogen) atoms. The van der Waals surface area contributed by atoms with Gasteiger partial charge in [-0.3, -0.25) is 9.69 Å². The molecule has 0 atom stereocenters. The molecule has 5 heterocycles. The number of nitrogens with one attached hydrogen (secondary N) is 1. The lowest BCUT2D eigenvalue weighted by Gasteiger charge is -2.40. The van der Waals surface area contributed by atoms with E-state index in [1.165, 1.54) is 22.9 Å². The summed E-state index contributed by atoms with van der Waals surface area (Å²) in [6, 6.07) is 2.70. The fourth-order valence-electron chi connectivity index (χ4n) is 3.88. The molecule has 0 saturated carbocycles. The number of anilines is 1. The Labute approximate surface area is 186 Å². The number of hydrogen-bond acceptors (Lipinski definition) is 6. The van der Waals surface area contributed by atoms with Crippen molar-refractivity contribution in [3.05, 3.63) is 41.7 Å². The molecular weight excluding hydrogens is 437 g/mol. The van der Waals surface area contributed by atoms with Crippen molar-refractivity contribution in [2.45, 2.75) is 33.2 Å². The highest BCUT2D eigenvalue weighted by atomic mass is 19.3. The molecule has 0 bridgehead atoms. The molecule has 1 aliphatic heterocycles. The first kappa shape index (κ1) is 21.3. The molecule has 0 aromatic carbocycles. The maximum absolute atomic E-state index is 14.8. The summed E-state index contributed by atoms with van der Waals surface area (Å²) in [4.78, 5) is 22.8. The van der Waals surface area contributed by atoms with Crippen LogP contribution in [-0.2, 0) is 4.79 Å². The molecule has 1 amide bonds. The van der Waals surface area contributed by atoms with Crippen LogP contribution in [0.4, 0.5) is 19.0 Å². The van der Waals surface area contributed by atoms with E-state index in [4.69, 9.17) is 0 Å². The third kappa shape index (κ3) is 3.80. The summed E-state index contributed by atoms with van der Waals surface area (Å²) < 4.78 is 44.4. The van der Waals surface area contributed by atoms with Gasteiger partial charge in [-0.2, -0.15) is 0 Å². The van der Waals surface area contributed by atoms with Crippen molar-refractivity contribution in [3.63, 3.8) is 0 Å². The van der Waals surface area contributed by atoms with E-state index >= 15 is 0 Å². The molecule has 12 heteroatoms. The first-order valence-corrected chi connectivity index (χ1v) is 10.5. The number of hydrogen-bond donors (Lipinski definition) is 1. The smallest absolute Gasteiger partial charge is 0.267 e. The Morgan fingerprint density at radius 3 is 2.58 bits per heavy atom. The van der Waals surface area contributed by atoms with E-state index in [2.05, 4.69) is 44.2 Å². The first-order chi connectivity index (χ1) is 15.7. The minimum absolute atomic E-state index is 0.00164. The highest BCUT2D eigenvalue weighted by Crippen LogP contribution is 2.28. The van der Waals surface area contributed by atoms with Crippen molar-refractivity contribution >= 4 is 23.0 Å². The maximum Gasteiger partial charge on any atom is 0.267 e. The number of aromatic nitrogens is 6. The number of halogens is 3. The lowest BCUT2D eigenvalue weighted by Crippen LogP contribution is -2.54. The summed E-state index contributed by atoms with van der Waals surface area (Å²) in [7, 11) is 0. The van der Waals surface area contributed by atoms with Crippen LogP contribution in [0.15, 0.2) is 24.5 Å². The largest absolute Gasteiger partial charge is 0.309 e. The highest BCUT2D eigenvalue weighted by Gasteiger charge is 2.34. The number of likely N-dealkylation sites (tertiary alicyclic amines) is 1. The molecule has 1 N–H and O–H groups in total. The molecule has 1 aliphatic rings. The third-order valence-corrected chi connectivity index (χ3v) is 5.75. The van der Waals surface area contributed by atoms with Crippen molar-refractivity contribution in [2.75, 3.05) is 18.4 Å². The second kappa shape index (κ2) is 7.80. The normalized spacial score (nSPS) is 15.2. The van der Waals surface area contributed by atoms with Gasteiger partial charge < -0.3 is 9.72 Å². The van der Waals surface area contributed by atoms with Gasteiger partial charge in [-0.1, -0.05) is 0 Å². The van der Waals surface area contributed by atoms with Gasteiger partial charge in [0.1, 0.15) is 5.82 Å². The van der Waals surface area contributed by atoms with Crippen LogP contribution >= 0.6 is 0 Å². The van der Waals surface area contributed by atoms with E-state index in [0.29, 0.717) is 25.0 Å².